The van der Waals surface area contributed by atoms with E-state index in [0.717, 1.165) is 128 Å². The summed E-state index contributed by atoms with van der Waals surface area (Å²) in [6, 6.07) is 0. The monoisotopic (exact) mass is 1080 g/mol. The Morgan fingerprint density at radius 3 is 0.808 bits per heavy atom. The highest BCUT2D eigenvalue weighted by Crippen LogP contribution is 2.15. The van der Waals surface area contributed by atoms with Crippen LogP contribution in [0.25, 0.3) is 0 Å². The number of carbonyl (C=O) groups is 3. The second-order valence-electron chi connectivity index (χ2n) is 20.6. The third-order valence-electron chi connectivity index (χ3n) is 13.1. The van der Waals surface area contributed by atoms with Crippen molar-refractivity contribution < 1.29 is 28.6 Å². The average Bonchev–Trinajstić information content (AvgIpc) is 3.44. The molecule has 0 amide bonds. The first kappa shape index (κ1) is 73.3. The minimum Gasteiger partial charge on any atom is -0.462 e. The highest BCUT2D eigenvalue weighted by Gasteiger charge is 2.19. The Morgan fingerprint density at radius 1 is 0.269 bits per heavy atom. The minimum absolute atomic E-state index is 0.0957. The van der Waals surface area contributed by atoms with Gasteiger partial charge in [0, 0.05) is 19.3 Å². The highest BCUT2D eigenvalue weighted by atomic mass is 16.6. The fourth-order valence-corrected chi connectivity index (χ4v) is 8.39. The van der Waals surface area contributed by atoms with E-state index in [2.05, 4.69) is 167 Å². The Hall–Kier alpha value is -4.71. The van der Waals surface area contributed by atoms with Crippen LogP contribution in [0.2, 0.25) is 0 Å². The molecule has 0 saturated heterocycles. The van der Waals surface area contributed by atoms with E-state index in [0.29, 0.717) is 25.7 Å². The second kappa shape index (κ2) is 64.8. The van der Waals surface area contributed by atoms with Crippen molar-refractivity contribution >= 4 is 17.9 Å². The average molecular weight is 1080 g/mol. The molecule has 0 aliphatic heterocycles. The molecule has 0 saturated carbocycles. The van der Waals surface area contributed by atoms with Crippen molar-refractivity contribution in [1.29, 1.82) is 0 Å². The van der Waals surface area contributed by atoms with Crippen molar-refractivity contribution in [2.45, 2.75) is 277 Å². The largest absolute Gasteiger partial charge is 0.462 e. The van der Waals surface area contributed by atoms with Gasteiger partial charge in [-0.3, -0.25) is 14.4 Å². The van der Waals surface area contributed by atoms with E-state index in [4.69, 9.17) is 14.2 Å². The molecule has 6 nitrogen and oxygen atoms in total. The molecule has 0 aromatic heterocycles. The molecule has 0 aliphatic carbocycles. The normalized spacial score (nSPS) is 13.1. The summed E-state index contributed by atoms with van der Waals surface area (Å²) in [5.74, 6) is -0.949. The number of esters is 3. The van der Waals surface area contributed by atoms with Gasteiger partial charge >= 0.3 is 17.9 Å². The number of unbranched alkanes of at least 4 members (excludes halogenated alkanes) is 21. The lowest BCUT2D eigenvalue weighted by molar-refractivity contribution is -0.167. The SMILES string of the molecule is CC/C=C\C/C=C\C/C=C\C/C=C\C/C=C\C/C=C\C/C=C\C/C=C\CCCCC(=O)OCC(COC(=O)CCCCCCCCCC)OC(=O)CCCCCCCCCCCCCC/C=C\C/C=C\C/C=C\C/C=C\CC. The minimum atomic E-state index is -0.801. The van der Waals surface area contributed by atoms with Crippen molar-refractivity contribution in [3.8, 4) is 0 Å². The number of rotatable bonds is 56. The predicted octanol–water partition coefficient (Wildman–Crippen LogP) is 21.9. The van der Waals surface area contributed by atoms with Gasteiger partial charge in [0.15, 0.2) is 6.10 Å². The van der Waals surface area contributed by atoms with Gasteiger partial charge in [0.1, 0.15) is 13.2 Å². The van der Waals surface area contributed by atoms with Crippen molar-refractivity contribution in [2.75, 3.05) is 13.2 Å². The zero-order valence-corrected chi connectivity index (χ0v) is 50.4. The van der Waals surface area contributed by atoms with Crippen LogP contribution < -0.4 is 0 Å². The van der Waals surface area contributed by atoms with Gasteiger partial charge in [-0.05, 0) is 122 Å². The molecule has 78 heavy (non-hydrogen) atoms. The zero-order valence-electron chi connectivity index (χ0n) is 50.4. The lowest BCUT2D eigenvalue weighted by atomic mass is 10.0. The maximum absolute atomic E-state index is 12.9. The molecule has 0 aromatic carbocycles. The molecule has 0 heterocycles. The zero-order chi connectivity index (χ0) is 56.4. The molecule has 0 radical (unpaired) electrons. The van der Waals surface area contributed by atoms with Gasteiger partial charge < -0.3 is 14.2 Å². The molecule has 0 aliphatic rings. The molecule has 0 N–H and O–H groups in total. The lowest BCUT2D eigenvalue weighted by Gasteiger charge is -2.18. The smallest absolute Gasteiger partial charge is 0.306 e. The Kier molecular flexibility index (Phi) is 60.9. The van der Waals surface area contributed by atoms with Gasteiger partial charge in [0.05, 0.1) is 0 Å². The summed E-state index contributed by atoms with van der Waals surface area (Å²) in [5.41, 5.74) is 0. The number of hydrogen-bond acceptors (Lipinski definition) is 6. The first-order valence-corrected chi connectivity index (χ1v) is 31.8. The van der Waals surface area contributed by atoms with Crippen LogP contribution in [0.1, 0.15) is 271 Å². The molecule has 440 valence electrons. The van der Waals surface area contributed by atoms with Crippen LogP contribution in [0.3, 0.4) is 0 Å². The van der Waals surface area contributed by atoms with Crippen molar-refractivity contribution in [1.82, 2.24) is 0 Å². The highest BCUT2D eigenvalue weighted by molar-refractivity contribution is 5.71. The summed E-state index contributed by atoms with van der Waals surface area (Å²) in [6.45, 7) is 6.35. The van der Waals surface area contributed by atoms with E-state index >= 15 is 0 Å². The molecule has 1 unspecified atom stereocenters. The van der Waals surface area contributed by atoms with Crippen molar-refractivity contribution in [3.05, 3.63) is 146 Å². The lowest BCUT2D eigenvalue weighted by Crippen LogP contribution is -2.30. The van der Waals surface area contributed by atoms with E-state index < -0.39 is 6.10 Å². The summed E-state index contributed by atoms with van der Waals surface area (Å²) in [4.78, 5) is 38.1. The molecule has 0 spiro atoms. The summed E-state index contributed by atoms with van der Waals surface area (Å²) >= 11 is 0. The van der Waals surface area contributed by atoms with Crippen LogP contribution in [0.15, 0.2) is 146 Å². The molecule has 6 heteroatoms. The quantitative estimate of drug-likeness (QED) is 0.0261. The number of carbonyl (C=O) groups excluding carboxylic acids is 3. The molecule has 0 aromatic rings. The van der Waals surface area contributed by atoms with Crippen LogP contribution in [-0.2, 0) is 28.6 Å². The Labute approximate surface area is 480 Å². The van der Waals surface area contributed by atoms with Crippen LogP contribution in [0.4, 0.5) is 0 Å². The van der Waals surface area contributed by atoms with E-state index in [1.54, 1.807) is 0 Å². The van der Waals surface area contributed by atoms with Crippen molar-refractivity contribution in [3.63, 3.8) is 0 Å². The molecule has 1 atom stereocenters. The summed E-state index contributed by atoms with van der Waals surface area (Å²) in [6.07, 6.45) is 93.0. The van der Waals surface area contributed by atoms with Crippen LogP contribution in [0.5, 0.6) is 0 Å². The van der Waals surface area contributed by atoms with Crippen molar-refractivity contribution in [2.24, 2.45) is 0 Å². The molecular formula is C72H116O6. The number of hydrogen-bond donors (Lipinski definition) is 0. The maximum atomic E-state index is 12.9. The molecule has 0 bridgehead atoms. The number of ether oxygens (including phenoxy) is 3. The van der Waals surface area contributed by atoms with Crippen LogP contribution in [-0.4, -0.2) is 37.2 Å². The van der Waals surface area contributed by atoms with E-state index in [-0.39, 0.29) is 31.1 Å². The number of allylic oxidation sites excluding steroid dienone is 24. The molecular weight excluding hydrogens is 961 g/mol. The van der Waals surface area contributed by atoms with E-state index in [9.17, 15) is 14.4 Å². The van der Waals surface area contributed by atoms with Gasteiger partial charge in [-0.15, -0.1) is 0 Å². The first-order valence-electron chi connectivity index (χ1n) is 31.8. The maximum Gasteiger partial charge on any atom is 0.306 e. The molecule has 0 rings (SSSR count). The second-order valence-corrected chi connectivity index (χ2v) is 20.6. The topological polar surface area (TPSA) is 78.9 Å². The molecule has 0 fully saturated rings. The standard InChI is InChI=1S/C72H116O6/c1-4-7-10-13-16-19-21-23-25-27-29-31-33-35-36-38-39-41-43-45-47-49-51-53-56-59-62-65-71(74)77-68-69(67-76-70(73)64-61-58-55-18-15-12-9-6-3)78-72(75)66-63-60-57-54-52-50-48-46-44-42-40-37-34-32-30-28-26-24-22-20-17-14-11-8-5-2/h7-8,10-11,16-17,19-20,23-26,29-32,35-36,39,41,45,47,51,53,69H,4-6,9,12-15,18,21-22,27-28,33-34,37-38,40,42-44,46,48-50,52,54-68H2,1-3H3/b10-7-,11-8-,19-16-,20-17-,25-23-,26-24-,31-29-,32-30-,36-35-,41-39-,47-45-,53-51-. The summed E-state index contributed by atoms with van der Waals surface area (Å²) < 4.78 is 16.8. The Bertz CT molecular complexity index is 1710. The third-order valence-corrected chi connectivity index (χ3v) is 13.1. The van der Waals surface area contributed by atoms with Gasteiger partial charge in [-0.2, -0.15) is 0 Å². The first-order chi connectivity index (χ1) is 38.5. The Morgan fingerprint density at radius 2 is 0.500 bits per heavy atom. The van der Waals surface area contributed by atoms with E-state index in [1.807, 2.05) is 0 Å². The summed E-state index contributed by atoms with van der Waals surface area (Å²) in [5, 5.41) is 0. The van der Waals surface area contributed by atoms with Crippen LogP contribution >= 0.6 is 0 Å². The van der Waals surface area contributed by atoms with Gasteiger partial charge in [0.25, 0.3) is 0 Å². The van der Waals surface area contributed by atoms with Crippen LogP contribution in [0, 0.1) is 0 Å². The fraction of sp³-hybridized carbons (Fsp3) is 0.625. The predicted molar refractivity (Wildman–Crippen MR) is 339 cm³/mol. The third kappa shape index (κ3) is 62.1. The van der Waals surface area contributed by atoms with Gasteiger partial charge in [-0.1, -0.05) is 276 Å². The Balaban J connectivity index is 4.30. The van der Waals surface area contributed by atoms with Gasteiger partial charge in [0.2, 0.25) is 0 Å². The van der Waals surface area contributed by atoms with Gasteiger partial charge in [-0.25, -0.2) is 0 Å². The summed E-state index contributed by atoms with van der Waals surface area (Å²) in [7, 11) is 0. The van der Waals surface area contributed by atoms with E-state index in [1.165, 1.54) is 96.3 Å². The fourth-order valence-electron chi connectivity index (χ4n) is 8.39.